The number of benzene rings is 3. The van der Waals surface area contributed by atoms with Crippen LogP contribution >= 0.6 is 58.3 Å². The second kappa shape index (κ2) is 9.55. The molecule has 0 bridgehead atoms. The van der Waals surface area contributed by atoms with Crippen LogP contribution in [0, 0.1) is 6.92 Å². The average molecular weight is 472 g/mol. The molecule has 0 heterocycles. The van der Waals surface area contributed by atoms with Crippen molar-refractivity contribution in [2.45, 2.75) is 28.2 Å². The number of hydrogen-bond acceptors (Lipinski definition) is 4. The molecule has 2 nitrogen and oxygen atoms in total. The van der Waals surface area contributed by atoms with Crippen molar-refractivity contribution in [3.8, 4) is 11.5 Å². The van der Waals surface area contributed by atoms with Crippen LogP contribution in [0.3, 0.4) is 0 Å². The van der Waals surface area contributed by atoms with Crippen molar-refractivity contribution in [1.29, 1.82) is 0 Å². The third kappa shape index (κ3) is 5.25. The van der Waals surface area contributed by atoms with Crippen molar-refractivity contribution in [2.24, 2.45) is 0 Å². The van der Waals surface area contributed by atoms with Crippen LogP contribution in [-0.2, 0) is 11.5 Å². The van der Waals surface area contributed by atoms with Gasteiger partial charge in [0.05, 0.1) is 10.0 Å². The first-order chi connectivity index (χ1) is 13.3. The number of halogens is 3. The van der Waals surface area contributed by atoms with Gasteiger partial charge in [-0.15, -0.1) is 23.5 Å². The van der Waals surface area contributed by atoms with Gasteiger partial charge in [-0.3, -0.25) is 0 Å². The van der Waals surface area contributed by atoms with E-state index in [0.717, 1.165) is 20.9 Å². The largest absolute Gasteiger partial charge is 0.506 e. The molecule has 0 amide bonds. The van der Waals surface area contributed by atoms with Crippen LogP contribution in [0.15, 0.2) is 58.3 Å². The van der Waals surface area contributed by atoms with Gasteiger partial charge >= 0.3 is 0 Å². The molecule has 0 fully saturated rings. The van der Waals surface area contributed by atoms with Gasteiger partial charge in [-0.05, 0) is 42.8 Å². The normalized spacial score (nSPS) is 11.0. The van der Waals surface area contributed by atoms with Crippen molar-refractivity contribution in [3.05, 3.63) is 80.3 Å². The lowest BCUT2D eigenvalue weighted by Gasteiger charge is -2.12. The molecule has 0 aliphatic heterocycles. The van der Waals surface area contributed by atoms with Crippen LogP contribution in [0.25, 0.3) is 0 Å². The van der Waals surface area contributed by atoms with Gasteiger partial charge in [-0.1, -0.05) is 53.0 Å². The fourth-order valence-electron chi connectivity index (χ4n) is 2.65. The minimum absolute atomic E-state index is 0.0584. The summed E-state index contributed by atoms with van der Waals surface area (Å²) in [6.45, 7) is 1.95. The van der Waals surface area contributed by atoms with Gasteiger partial charge < -0.3 is 10.2 Å². The SMILES string of the molecule is Cc1cc(Cl)c(O)c(CSc2ccccc2SCc2cc(Cl)cc(Cl)c2O)c1. The van der Waals surface area contributed by atoms with Gasteiger partial charge in [0.25, 0.3) is 0 Å². The average Bonchev–Trinajstić information content (AvgIpc) is 2.65. The van der Waals surface area contributed by atoms with E-state index in [2.05, 4.69) is 0 Å². The first-order valence-electron chi connectivity index (χ1n) is 8.34. The molecule has 0 saturated heterocycles. The summed E-state index contributed by atoms with van der Waals surface area (Å²) in [5.41, 5.74) is 2.49. The lowest BCUT2D eigenvalue weighted by Crippen LogP contribution is -1.88. The smallest absolute Gasteiger partial charge is 0.138 e. The van der Waals surface area contributed by atoms with E-state index in [1.54, 1.807) is 35.7 Å². The van der Waals surface area contributed by atoms with Crippen molar-refractivity contribution in [3.63, 3.8) is 0 Å². The summed E-state index contributed by atoms with van der Waals surface area (Å²) < 4.78 is 0. The Kier molecular flexibility index (Phi) is 7.35. The molecule has 0 atom stereocenters. The molecular weight excluding hydrogens is 455 g/mol. The Balaban J connectivity index is 1.75. The Hall–Kier alpha value is -1.17. The summed E-state index contributed by atoms with van der Waals surface area (Å²) in [5, 5.41) is 21.5. The molecular formula is C21H17Cl3O2S2. The third-order valence-corrected chi connectivity index (χ3v) is 7.18. The Morgan fingerprint density at radius 2 is 1.25 bits per heavy atom. The summed E-state index contributed by atoms with van der Waals surface area (Å²) in [4.78, 5) is 2.15. The topological polar surface area (TPSA) is 40.5 Å². The molecule has 3 aromatic rings. The highest BCUT2D eigenvalue weighted by Gasteiger charge is 2.12. The summed E-state index contributed by atoms with van der Waals surface area (Å²) in [5.74, 6) is 1.32. The van der Waals surface area contributed by atoms with E-state index < -0.39 is 0 Å². The van der Waals surface area contributed by atoms with E-state index in [9.17, 15) is 10.2 Å². The second-order valence-corrected chi connectivity index (χ2v) is 9.46. The number of hydrogen-bond donors (Lipinski definition) is 2. The molecule has 0 aliphatic rings. The van der Waals surface area contributed by atoms with Crippen LogP contribution in [0.5, 0.6) is 11.5 Å². The first kappa shape index (κ1) is 21.5. The van der Waals surface area contributed by atoms with Crippen molar-refractivity contribution in [2.75, 3.05) is 0 Å². The zero-order valence-electron chi connectivity index (χ0n) is 14.9. The molecule has 7 heteroatoms. The number of phenols is 2. The zero-order chi connectivity index (χ0) is 20.3. The van der Waals surface area contributed by atoms with E-state index >= 15 is 0 Å². The van der Waals surface area contributed by atoms with Crippen LogP contribution in [-0.4, -0.2) is 10.2 Å². The summed E-state index contributed by atoms with van der Waals surface area (Å²) in [7, 11) is 0. The van der Waals surface area contributed by atoms with Gasteiger partial charge in [0.2, 0.25) is 0 Å². The fourth-order valence-corrected chi connectivity index (χ4v) is 5.66. The molecule has 0 aliphatic carbocycles. The predicted molar refractivity (Wildman–Crippen MR) is 122 cm³/mol. The van der Waals surface area contributed by atoms with Gasteiger partial charge in [0, 0.05) is 37.4 Å². The predicted octanol–water partition coefficient (Wildman–Crippen LogP) is 7.95. The minimum atomic E-state index is 0.0584. The number of rotatable bonds is 6. The number of phenolic OH excluding ortho intramolecular Hbond substituents is 2. The van der Waals surface area contributed by atoms with Crippen molar-refractivity contribution < 1.29 is 10.2 Å². The number of thioether (sulfide) groups is 2. The molecule has 146 valence electrons. The Morgan fingerprint density at radius 3 is 1.82 bits per heavy atom. The standard InChI is InChI=1S/C21H17Cl3O2S2/c1-12-6-13(20(25)16(23)7-12)10-27-18-4-2-3-5-19(18)28-11-14-8-15(22)9-17(24)21(14)26/h2-9,25-26H,10-11H2,1H3. The Labute approximate surface area is 187 Å². The van der Waals surface area contributed by atoms with Crippen LogP contribution in [0.2, 0.25) is 15.1 Å². The molecule has 0 unspecified atom stereocenters. The van der Waals surface area contributed by atoms with Gasteiger partial charge in [0.1, 0.15) is 11.5 Å². The van der Waals surface area contributed by atoms with Crippen LogP contribution in [0.1, 0.15) is 16.7 Å². The Morgan fingerprint density at radius 1 is 0.750 bits per heavy atom. The molecule has 0 radical (unpaired) electrons. The van der Waals surface area contributed by atoms with Gasteiger partial charge in [0.15, 0.2) is 0 Å². The highest BCUT2D eigenvalue weighted by atomic mass is 35.5. The maximum absolute atomic E-state index is 10.2. The lowest BCUT2D eigenvalue weighted by molar-refractivity contribution is 0.470. The molecule has 0 saturated carbocycles. The molecule has 0 spiro atoms. The molecule has 28 heavy (non-hydrogen) atoms. The highest BCUT2D eigenvalue weighted by molar-refractivity contribution is 8.01. The van der Waals surface area contributed by atoms with Gasteiger partial charge in [-0.25, -0.2) is 0 Å². The minimum Gasteiger partial charge on any atom is -0.506 e. The lowest BCUT2D eigenvalue weighted by atomic mass is 10.1. The van der Waals surface area contributed by atoms with E-state index in [4.69, 9.17) is 34.8 Å². The summed E-state index contributed by atoms with van der Waals surface area (Å²) in [6.07, 6.45) is 0. The summed E-state index contributed by atoms with van der Waals surface area (Å²) >= 11 is 21.4. The zero-order valence-corrected chi connectivity index (χ0v) is 18.8. The molecule has 0 aromatic heterocycles. The Bertz CT molecular complexity index is 929. The monoisotopic (exact) mass is 470 g/mol. The van der Waals surface area contributed by atoms with Crippen molar-refractivity contribution >= 4 is 58.3 Å². The number of aromatic hydroxyl groups is 2. The van der Waals surface area contributed by atoms with E-state index in [1.807, 2.05) is 37.3 Å². The number of aryl methyl sites for hydroxylation is 1. The van der Waals surface area contributed by atoms with E-state index in [-0.39, 0.29) is 16.5 Å². The molecule has 3 rings (SSSR count). The second-order valence-electron chi connectivity index (χ2n) is 6.17. The highest BCUT2D eigenvalue weighted by Crippen LogP contribution is 2.40. The fraction of sp³-hybridized carbons (Fsp3) is 0.143. The quantitative estimate of drug-likeness (QED) is 0.358. The maximum Gasteiger partial charge on any atom is 0.138 e. The molecule has 3 aromatic carbocycles. The van der Waals surface area contributed by atoms with Crippen LogP contribution < -0.4 is 0 Å². The summed E-state index contributed by atoms with van der Waals surface area (Å²) in [6, 6.07) is 14.9. The van der Waals surface area contributed by atoms with E-state index in [1.165, 1.54) is 6.07 Å². The third-order valence-electron chi connectivity index (χ3n) is 4.01. The van der Waals surface area contributed by atoms with Gasteiger partial charge in [-0.2, -0.15) is 0 Å². The van der Waals surface area contributed by atoms with Crippen molar-refractivity contribution in [1.82, 2.24) is 0 Å². The first-order valence-corrected chi connectivity index (χ1v) is 11.4. The maximum atomic E-state index is 10.2. The van der Waals surface area contributed by atoms with E-state index in [0.29, 0.717) is 27.1 Å². The molecule has 2 N–H and O–H groups in total. The van der Waals surface area contributed by atoms with Crippen LogP contribution in [0.4, 0.5) is 0 Å².